The summed E-state index contributed by atoms with van der Waals surface area (Å²) in [5, 5.41) is 16.4. The molecule has 2 heterocycles. The summed E-state index contributed by atoms with van der Waals surface area (Å²) in [5.74, 6) is 1.38. The van der Waals surface area contributed by atoms with Crippen molar-refractivity contribution < 1.29 is 61.9 Å². The van der Waals surface area contributed by atoms with E-state index in [4.69, 9.17) is 33.2 Å². The van der Waals surface area contributed by atoms with Crippen LogP contribution in [-0.4, -0.2) is 138 Å². The minimum atomic E-state index is -0.511. The summed E-state index contributed by atoms with van der Waals surface area (Å²) in [4.78, 5) is 71.0. The molecule has 94 heavy (non-hydrogen) atoms. The summed E-state index contributed by atoms with van der Waals surface area (Å²) in [6.07, 6.45) is 20.2. The van der Waals surface area contributed by atoms with Gasteiger partial charge in [0.15, 0.2) is 0 Å². The summed E-state index contributed by atoms with van der Waals surface area (Å²) in [7, 11) is 0. The van der Waals surface area contributed by atoms with Crippen molar-refractivity contribution in [3.63, 3.8) is 0 Å². The summed E-state index contributed by atoms with van der Waals surface area (Å²) in [6.45, 7) is 55.7. The molecule has 0 amide bonds. The van der Waals surface area contributed by atoms with E-state index in [1.807, 2.05) is 89.3 Å². The van der Waals surface area contributed by atoms with Crippen LogP contribution in [0.25, 0.3) is 0 Å². The van der Waals surface area contributed by atoms with Gasteiger partial charge in [0.2, 0.25) is 0 Å². The fourth-order valence-corrected chi connectivity index (χ4v) is 9.15. The topological polar surface area (TPSA) is 228 Å². The molecule has 0 spiro atoms. The monoisotopic (exact) mass is 1330 g/mol. The van der Waals surface area contributed by atoms with E-state index in [2.05, 4.69) is 104 Å². The van der Waals surface area contributed by atoms with E-state index in [1.165, 1.54) is 38.5 Å². The molecular formula is C75H138N6O13. The zero-order chi connectivity index (χ0) is 72.0. The van der Waals surface area contributed by atoms with Crippen molar-refractivity contribution in [2.75, 3.05) is 72.7 Å². The maximum absolute atomic E-state index is 12.7. The molecule has 2 aromatic heterocycles. The molecule has 19 heteroatoms. The second-order valence-corrected chi connectivity index (χ2v) is 34.5. The Bertz CT molecular complexity index is 2400. The van der Waals surface area contributed by atoms with Crippen LogP contribution in [0.1, 0.15) is 280 Å². The molecule has 546 valence electrons. The molecule has 1 fully saturated rings. The van der Waals surface area contributed by atoms with Crippen molar-refractivity contribution in [3.05, 3.63) is 23.8 Å². The second-order valence-electron chi connectivity index (χ2n) is 34.5. The van der Waals surface area contributed by atoms with E-state index in [0.29, 0.717) is 119 Å². The molecule has 0 bridgehead atoms. The molecule has 19 nitrogen and oxygen atoms in total. The van der Waals surface area contributed by atoms with Gasteiger partial charge in [0.05, 0.1) is 74.8 Å². The largest absolute Gasteiger partial charge is 0.463 e. The van der Waals surface area contributed by atoms with Crippen LogP contribution in [0.5, 0.6) is 0 Å². The number of hydrogen-bond donors (Lipinski definition) is 0. The molecule has 0 atom stereocenters. The maximum atomic E-state index is 12.7. The van der Waals surface area contributed by atoms with Crippen LogP contribution in [0.2, 0.25) is 0 Å². The molecule has 0 aromatic carbocycles. The third kappa shape index (κ3) is 50.9. The summed E-state index contributed by atoms with van der Waals surface area (Å²) < 4.78 is 40.8. The van der Waals surface area contributed by atoms with Crippen LogP contribution in [0, 0.1) is 55.2 Å². The third-order valence-electron chi connectivity index (χ3n) is 15.3. The van der Waals surface area contributed by atoms with Gasteiger partial charge in [0.25, 0.3) is 0 Å². The Morgan fingerprint density at radius 2 is 0.787 bits per heavy atom. The van der Waals surface area contributed by atoms with Crippen molar-refractivity contribution in [2.24, 2.45) is 55.2 Å². The fraction of sp³-hybridized carbons (Fsp3) is 0.867. The van der Waals surface area contributed by atoms with Crippen molar-refractivity contribution in [2.45, 2.75) is 295 Å². The SMILES string of the molecule is CC(C)(C)CC1CCC(C(=O)CCc2cn(CCOCCCC(=O)C(C)(C)C)nn2)CC1.CC(C)(C)CCCCCC(=O)C(C)(C)C.CC(C)(C)CCOCCOC(=O)C(C)(C)C.CC(C)(C)CCOCCOC(=O)CCc1cn(CCOCCOC(=O)C(C)(C)C)nn1. The first kappa shape index (κ1) is 89.5. The first-order chi connectivity index (χ1) is 43.2. The standard InChI is InChI=1S/C26H45N3O3.C22H39N3O6.C14H28O.C13H26O3/c1-25(2,3)18-20-9-11-21(12-10-20)23(30)14-13-22-19-29(28-27-22)15-17-32-16-7-8-24(31)26(4,5)6;1-21(2,3)9-11-28-13-15-30-19(26)8-7-18-17-25(24-23-18)10-12-29-14-16-31-20(27)22(4,5)6;1-13(2,3)11-9-7-8-10-12(15)14(4,5)6;1-12(2,3)7-8-15-9-10-16-11(14)13(4,5)6/h19-21H,7-18H2,1-6H3;17H,7-16H2,1-6H3;7-11H2,1-6H3;7-10H2,1-6H3. The number of aromatic nitrogens is 6. The minimum Gasteiger partial charge on any atom is -0.463 e. The Kier molecular flexibility index (Phi) is 42.3. The van der Waals surface area contributed by atoms with Gasteiger partial charge in [-0.3, -0.25) is 28.8 Å². The number of carbonyl (C=O) groups is 6. The lowest BCUT2D eigenvalue weighted by atomic mass is 9.73. The number of hydrogen-bond acceptors (Lipinski definition) is 17. The molecule has 1 saturated carbocycles. The zero-order valence-electron chi connectivity index (χ0n) is 64.2. The Morgan fingerprint density at radius 3 is 1.19 bits per heavy atom. The van der Waals surface area contributed by atoms with E-state index in [1.54, 1.807) is 15.6 Å². The number of nitrogens with zero attached hydrogens (tertiary/aromatic N) is 6. The van der Waals surface area contributed by atoms with Gasteiger partial charge in [-0.25, -0.2) is 9.36 Å². The fourth-order valence-electron chi connectivity index (χ4n) is 9.15. The summed E-state index contributed by atoms with van der Waals surface area (Å²) in [6, 6.07) is 0. The molecule has 0 radical (unpaired) electrons. The van der Waals surface area contributed by atoms with Gasteiger partial charge < -0.3 is 33.2 Å². The molecule has 0 N–H and O–H groups in total. The van der Waals surface area contributed by atoms with Crippen LogP contribution < -0.4 is 0 Å². The Hall–Kier alpha value is -4.46. The van der Waals surface area contributed by atoms with Crippen LogP contribution >= 0.6 is 0 Å². The van der Waals surface area contributed by atoms with E-state index < -0.39 is 10.8 Å². The van der Waals surface area contributed by atoms with Crippen LogP contribution in [0.3, 0.4) is 0 Å². The number of rotatable bonds is 36. The van der Waals surface area contributed by atoms with Crippen molar-refractivity contribution in [1.82, 2.24) is 30.0 Å². The Balaban J connectivity index is 0.00000130. The van der Waals surface area contributed by atoms with Gasteiger partial charge in [0.1, 0.15) is 37.2 Å². The highest BCUT2D eigenvalue weighted by Crippen LogP contribution is 2.37. The molecule has 0 unspecified atom stereocenters. The summed E-state index contributed by atoms with van der Waals surface area (Å²) >= 11 is 0. The average molecular weight is 1330 g/mol. The Morgan fingerprint density at radius 1 is 0.394 bits per heavy atom. The zero-order valence-corrected chi connectivity index (χ0v) is 64.2. The van der Waals surface area contributed by atoms with Gasteiger partial charge >= 0.3 is 17.9 Å². The predicted molar refractivity (Wildman–Crippen MR) is 375 cm³/mol. The lowest BCUT2D eigenvalue weighted by Crippen LogP contribution is -2.24. The number of ether oxygens (including phenoxy) is 7. The number of ketones is 3. The lowest BCUT2D eigenvalue weighted by Gasteiger charge is -2.32. The molecule has 3 rings (SSSR count). The number of carbonyl (C=O) groups excluding carboxylic acids is 6. The van der Waals surface area contributed by atoms with Crippen molar-refractivity contribution in [1.29, 1.82) is 0 Å². The minimum absolute atomic E-state index is 0.149. The lowest BCUT2D eigenvalue weighted by molar-refractivity contribution is -0.155. The number of Topliss-reactive ketones (excluding diaryl/α,β-unsaturated/α-hetero) is 3. The van der Waals surface area contributed by atoms with Gasteiger partial charge in [-0.2, -0.15) is 0 Å². The number of esters is 3. The second kappa shape index (κ2) is 44.5. The highest BCUT2D eigenvalue weighted by Gasteiger charge is 2.29. The number of unbranched alkanes of at least 4 members (excludes halogenated alkanes) is 2. The van der Waals surface area contributed by atoms with Crippen molar-refractivity contribution >= 4 is 35.3 Å². The van der Waals surface area contributed by atoms with Crippen LogP contribution in [0.15, 0.2) is 12.4 Å². The predicted octanol–water partition coefficient (Wildman–Crippen LogP) is 15.9. The highest BCUT2D eigenvalue weighted by molar-refractivity contribution is 5.84. The first-order valence-electron chi connectivity index (χ1n) is 35.4. The quantitative estimate of drug-likeness (QED) is 0.0351. The molecule has 1 aliphatic carbocycles. The molecule has 0 aliphatic heterocycles. The van der Waals surface area contributed by atoms with E-state index in [0.717, 1.165) is 68.9 Å². The van der Waals surface area contributed by atoms with Crippen molar-refractivity contribution in [3.8, 4) is 0 Å². The van der Waals surface area contributed by atoms with E-state index in [-0.39, 0.29) is 65.5 Å². The van der Waals surface area contributed by atoms with Gasteiger partial charge in [0, 0.05) is 81.1 Å². The molecule has 2 aromatic rings. The third-order valence-corrected chi connectivity index (χ3v) is 15.3. The number of aryl methyl sites for hydroxylation is 2. The maximum Gasteiger partial charge on any atom is 0.311 e. The summed E-state index contributed by atoms with van der Waals surface area (Å²) in [5.41, 5.74) is 1.58. The highest BCUT2D eigenvalue weighted by atomic mass is 16.6. The normalized spacial score (nSPS) is 14.9. The smallest absolute Gasteiger partial charge is 0.311 e. The van der Waals surface area contributed by atoms with Crippen LogP contribution in [0.4, 0.5) is 0 Å². The molecule has 1 aliphatic rings. The van der Waals surface area contributed by atoms with Gasteiger partial charge in [-0.05, 0) is 133 Å². The van der Waals surface area contributed by atoms with E-state index >= 15 is 0 Å². The average Bonchev–Trinajstić information content (AvgIpc) is 1.17. The van der Waals surface area contributed by atoms with Gasteiger partial charge in [-0.1, -0.05) is 148 Å². The van der Waals surface area contributed by atoms with Crippen LogP contribution in [-0.2, 0) is 87.9 Å². The molecular weight excluding hydrogens is 1190 g/mol. The van der Waals surface area contributed by atoms with Gasteiger partial charge in [-0.15, -0.1) is 10.2 Å². The Labute approximate surface area is 571 Å². The first-order valence-corrected chi connectivity index (χ1v) is 35.4. The van der Waals surface area contributed by atoms with E-state index in [9.17, 15) is 28.8 Å². The molecule has 0 saturated heterocycles.